The summed E-state index contributed by atoms with van der Waals surface area (Å²) in [4.78, 5) is 0. The number of fused-ring (bicyclic) bond motifs is 10. The lowest BCUT2D eigenvalue weighted by Crippen LogP contribution is -1.86. The molecule has 0 saturated heterocycles. The van der Waals surface area contributed by atoms with Crippen LogP contribution in [0.1, 0.15) is 115 Å². The molecule has 6 aromatic rings. The zero-order chi connectivity index (χ0) is 34.0. The highest BCUT2D eigenvalue weighted by molar-refractivity contribution is 6.03. The van der Waals surface area contributed by atoms with Crippen LogP contribution in [-0.2, 0) is 12.8 Å². The zero-order valence-corrected chi connectivity index (χ0v) is 30.7. The molecule has 0 heterocycles. The molecule has 0 atom stereocenters. The third kappa shape index (κ3) is 8.27. The van der Waals surface area contributed by atoms with Crippen LogP contribution in [0.3, 0.4) is 0 Å². The molecular formula is C48H64. The third-order valence-corrected chi connectivity index (χ3v) is 8.49. The molecule has 2 aliphatic carbocycles. The molecule has 0 N–H and O–H groups in total. The molecule has 0 amide bonds. The van der Waals surface area contributed by atoms with E-state index in [1.165, 1.54) is 88.3 Å². The molecule has 48 heavy (non-hydrogen) atoms. The first-order valence-electron chi connectivity index (χ1n) is 17.7. The molecule has 256 valence electrons. The van der Waals surface area contributed by atoms with Crippen LogP contribution in [0, 0.1) is 27.7 Å². The van der Waals surface area contributed by atoms with Crippen molar-refractivity contribution in [3.8, 4) is 22.3 Å². The molecule has 0 nitrogen and oxygen atoms in total. The van der Waals surface area contributed by atoms with E-state index < -0.39 is 0 Å². The van der Waals surface area contributed by atoms with Crippen LogP contribution < -0.4 is 0 Å². The first-order chi connectivity index (χ1) is 22.5. The van der Waals surface area contributed by atoms with Crippen LogP contribution in [-0.4, -0.2) is 0 Å². The molecule has 2 aliphatic rings. The number of benzene rings is 6. The molecule has 6 aromatic carbocycles. The van der Waals surface area contributed by atoms with E-state index in [4.69, 9.17) is 0 Å². The van der Waals surface area contributed by atoms with E-state index in [0.717, 1.165) is 12.8 Å². The van der Waals surface area contributed by atoms with E-state index in [9.17, 15) is 0 Å². The van der Waals surface area contributed by atoms with Gasteiger partial charge in [0.05, 0.1) is 0 Å². The first-order valence-corrected chi connectivity index (χ1v) is 17.7. The quantitative estimate of drug-likeness (QED) is 0.155. The van der Waals surface area contributed by atoms with Gasteiger partial charge in [0.2, 0.25) is 0 Å². The lowest BCUT2D eigenvalue weighted by atomic mass is 9.94. The van der Waals surface area contributed by atoms with Gasteiger partial charge in [-0.3, -0.25) is 0 Å². The topological polar surface area (TPSA) is 0 Å². The van der Waals surface area contributed by atoms with Gasteiger partial charge in [-0.05, 0) is 118 Å². The van der Waals surface area contributed by atoms with Gasteiger partial charge in [-0.25, -0.2) is 0 Å². The second-order valence-electron chi connectivity index (χ2n) is 11.2. The molecule has 0 unspecified atom stereocenters. The van der Waals surface area contributed by atoms with Crippen molar-refractivity contribution in [1.82, 2.24) is 0 Å². The van der Waals surface area contributed by atoms with E-state index in [1.54, 1.807) is 0 Å². The average molecular weight is 641 g/mol. The maximum absolute atomic E-state index is 2.37. The van der Waals surface area contributed by atoms with Crippen LogP contribution >= 0.6 is 0 Å². The second kappa shape index (κ2) is 19.6. The lowest BCUT2D eigenvalue weighted by molar-refractivity contribution is 1.24. The third-order valence-electron chi connectivity index (χ3n) is 8.49. The van der Waals surface area contributed by atoms with E-state index in [-0.39, 0.29) is 14.9 Å². The summed E-state index contributed by atoms with van der Waals surface area (Å²) < 4.78 is 0. The fraction of sp³-hybridized carbons (Fsp3) is 0.333. The van der Waals surface area contributed by atoms with Crippen LogP contribution in [0.4, 0.5) is 0 Å². The fourth-order valence-corrected chi connectivity index (χ4v) is 6.81. The molecular weight excluding hydrogens is 577 g/mol. The summed E-state index contributed by atoms with van der Waals surface area (Å²) in [5.74, 6) is 0. The summed E-state index contributed by atoms with van der Waals surface area (Å²) in [6, 6.07) is 36.0. The molecule has 0 aliphatic heterocycles. The summed E-state index contributed by atoms with van der Waals surface area (Å²) >= 11 is 0. The van der Waals surface area contributed by atoms with Crippen molar-refractivity contribution in [2.75, 3.05) is 0 Å². The monoisotopic (exact) mass is 641 g/mol. The van der Waals surface area contributed by atoms with E-state index in [0.29, 0.717) is 0 Å². The summed E-state index contributed by atoms with van der Waals surface area (Å²) in [6.07, 6.45) is 2.16. The Morgan fingerprint density at radius 2 is 0.667 bits per heavy atom. The van der Waals surface area contributed by atoms with Gasteiger partial charge >= 0.3 is 0 Å². The summed E-state index contributed by atoms with van der Waals surface area (Å²) in [5, 5.41) is 5.57. The smallest absolute Gasteiger partial charge is 0.00130 e. The maximum atomic E-state index is 2.37. The Labute approximate surface area is 295 Å². The van der Waals surface area contributed by atoms with E-state index in [1.807, 2.05) is 55.4 Å². The van der Waals surface area contributed by atoms with Crippen molar-refractivity contribution in [1.29, 1.82) is 0 Å². The van der Waals surface area contributed by atoms with Gasteiger partial charge in [0.1, 0.15) is 0 Å². The minimum atomic E-state index is 0. The van der Waals surface area contributed by atoms with Gasteiger partial charge < -0.3 is 0 Å². The highest BCUT2D eigenvalue weighted by Crippen LogP contribution is 2.44. The van der Waals surface area contributed by atoms with Gasteiger partial charge in [-0.15, -0.1) is 0 Å². The van der Waals surface area contributed by atoms with Crippen LogP contribution in [0.5, 0.6) is 0 Å². The Kier molecular flexibility index (Phi) is 17.1. The number of rotatable bonds is 0. The number of hydrogen-bond donors (Lipinski definition) is 0. The summed E-state index contributed by atoms with van der Waals surface area (Å²) in [7, 11) is 0. The molecule has 0 heteroatoms. The Hall–Kier alpha value is -4.16. The van der Waals surface area contributed by atoms with E-state index in [2.05, 4.69) is 125 Å². The van der Waals surface area contributed by atoms with Gasteiger partial charge in [0.25, 0.3) is 0 Å². The van der Waals surface area contributed by atoms with Gasteiger partial charge in [0, 0.05) is 0 Å². The maximum Gasteiger partial charge on any atom is -0.00130 e. The Balaban J connectivity index is 0.000000385. The minimum Gasteiger partial charge on any atom is -0.0776 e. The van der Waals surface area contributed by atoms with E-state index >= 15 is 0 Å². The van der Waals surface area contributed by atoms with Crippen molar-refractivity contribution in [3.63, 3.8) is 0 Å². The zero-order valence-electron chi connectivity index (χ0n) is 30.7. The summed E-state index contributed by atoms with van der Waals surface area (Å²) in [6.45, 7) is 24.8. The standard InChI is InChI=1S/2C19H16.4C2H6.2CH4/c2*1-12-7-8-17-14(9-12)11-15-10-13(2)16-5-3-4-6-18(16)19(15)17;4*1-2;;/h2*3-10H,11H2,1-2H3;4*1-2H3;2*1H4. The Morgan fingerprint density at radius 1 is 0.354 bits per heavy atom. The normalized spacial score (nSPS) is 10.4. The first kappa shape index (κ1) is 41.9. The van der Waals surface area contributed by atoms with Crippen molar-refractivity contribution in [3.05, 3.63) is 142 Å². The van der Waals surface area contributed by atoms with Crippen LogP contribution in [0.25, 0.3) is 43.8 Å². The van der Waals surface area contributed by atoms with Gasteiger partial charge in [0.15, 0.2) is 0 Å². The molecule has 0 bridgehead atoms. The van der Waals surface area contributed by atoms with Crippen molar-refractivity contribution < 1.29 is 0 Å². The Morgan fingerprint density at radius 3 is 1.00 bits per heavy atom. The second-order valence-corrected chi connectivity index (χ2v) is 11.2. The SMILES string of the molecule is C.C.CC.CC.CC.CC.Cc1ccc2c(c1)Cc1cc(C)c3ccccc3c1-2.Cc1ccc2c(c1)Cc1cc(C)c3ccccc3c1-2. The predicted octanol–water partition coefficient (Wildman–Crippen LogP) is 15.4. The van der Waals surface area contributed by atoms with Crippen LogP contribution in [0.2, 0.25) is 0 Å². The molecule has 0 saturated carbocycles. The molecule has 8 rings (SSSR count). The largest absolute Gasteiger partial charge is 0.0776 e. The van der Waals surface area contributed by atoms with Crippen molar-refractivity contribution >= 4 is 21.5 Å². The predicted molar refractivity (Wildman–Crippen MR) is 222 cm³/mol. The van der Waals surface area contributed by atoms with Gasteiger partial charge in [-0.2, -0.15) is 0 Å². The highest BCUT2D eigenvalue weighted by atomic mass is 14.3. The number of hydrogen-bond acceptors (Lipinski definition) is 0. The molecule has 0 aromatic heterocycles. The van der Waals surface area contributed by atoms with Crippen molar-refractivity contribution in [2.45, 2.75) is 111 Å². The number of aryl methyl sites for hydroxylation is 4. The average Bonchev–Trinajstić information content (AvgIpc) is 3.65. The van der Waals surface area contributed by atoms with Gasteiger partial charge in [-0.1, -0.05) is 178 Å². The molecule has 0 radical (unpaired) electrons. The molecule has 0 fully saturated rings. The fourth-order valence-electron chi connectivity index (χ4n) is 6.81. The molecule has 0 spiro atoms. The van der Waals surface area contributed by atoms with Crippen molar-refractivity contribution in [2.24, 2.45) is 0 Å². The lowest BCUT2D eigenvalue weighted by Gasteiger charge is -2.09. The summed E-state index contributed by atoms with van der Waals surface area (Å²) in [5.41, 5.74) is 17.2. The minimum absolute atomic E-state index is 0. The highest BCUT2D eigenvalue weighted by Gasteiger charge is 2.22. The Bertz CT molecular complexity index is 1760. The van der Waals surface area contributed by atoms with Crippen LogP contribution in [0.15, 0.2) is 97.1 Å².